The Kier molecular flexibility index (Phi) is 7.36. The number of pyridine rings is 2. The average molecular weight is 555 g/mol. The van der Waals surface area contributed by atoms with Crippen molar-refractivity contribution in [2.45, 2.75) is 32.1 Å². The van der Waals surface area contributed by atoms with E-state index in [1.54, 1.807) is 18.5 Å². The van der Waals surface area contributed by atoms with E-state index >= 15 is 0 Å². The molecule has 6 aromatic rings. The SMILES string of the molecule is COC(=O)c1cc2cccnc2cn1.Cc1ccc2c(c1)cc(O)c1c3c(ccc12)C(Cc1ccccc1)C(=O)CC3. The van der Waals surface area contributed by atoms with Crippen molar-refractivity contribution in [1.29, 1.82) is 0 Å². The zero-order valence-electron chi connectivity index (χ0n) is 23.5. The van der Waals surface area contributed by atoms with Crippen LogP contribution in [0.5, 0.6) is 5.75 Å². The highest BCUT2D eigenvalue weighted by Crippen LogP contribution is 2.42. The average Bonchev–Trinajstić information content (AvgIpc) is 3.02. The Morgan fingerprint density at radius 1 is 0.905 bits per heavy atom. The fourth-order valence-corrected chi connectivity index (χ4v) is 5.90. The lowest BCUT2D eigenvalue weighted by Crippen LogP contribution is -2.22. The van der Waals surface area contributed by atoms with Crippen LogP contribution < -0.4 is 0 Å². The van der Waals surface area contributed by atoms with E-state index in [0.29, 0.717) is 36.5 Å². The molecule has 7 rings (SSSR count). The smallest absolute Gasteiger partial charge is 0.356 e. The van der Waals surface area contributed by atoms with Crippen LogP contribution in [0.2, 0.25) is 0 Å². The van der Waals surface area contributed by atoms with Crippen LogP contribution in [-0.4, -0.2) is 33.9 Å². The minimum absolute atomic E-state index is 0.135. The lowest BCUT2D eigenvalue weighted by atomic mass is 9.76. The van der Waals surface area contributed by atoms with Gasteiger partial charge in [0.2, 0.25) is 0 Å². The second kappa shape index (κ2) is 11.4. The van der Waals surface area contributed by atoms with Gasteiger partial charge in [0, 0.05) is 29.3 Å². The molecule has 1 aliphatic carbocycles. The molecule has 1 unspecified atom stereocenters. The number of fused-ring (bicyclic) bond motifs is 6. The van der Waals surface area contributed by atoms with Crippen molar-refractivity contribution in [3.63, 3.8) is 0 Å². The number of carbonyl (C=O) groups is 2. The van der Waals surface area contributed by atoms with E-state index in [0.717, 1.165) is 43.6 Å². The van der Waals surface area contributed by atoms with Gasteiger partial charge in [-0.05, 0) is 70.8 Å². The summed E-state index contributed by atoms with van der Waals surface area (Å²) in [5.41, 5.74) is 5.63. The van der Waals surface area contributed by atoms with Gasteiger partial charge in [-0.15, -0.1) is 0 Å². The number of aryl methyl sites for hydroxylation is 2. The highest BCUT2D eigenvalue weighted by molar-refractivity contribution is 6.12. The van der Waals surface area contributed by atoms with E-state index in [-0.39, 0.29) is 5.92 Å². The van der Waals surface area contributed by atoms with E-state index in [9.17, 15) is 14.7 Å². The number of ketones is 1. The van der Waals surface area contributed by atoms with Crippen molar-refractivity contribution < 1.29 is 19.4 Å². The fraction of sp³-hybridized carbons (Fsp3) is 0.167. The summed E-state index contributed by atoms with van der Waals surface area (Å²) in [6.07, 6.45) is 5.19. The summed E-state index contributed by atoms with van der Waals surface area (Å²) in [4.78, 5) is 32.0. The number of aromatic hydroxyl groups is 1. The van der Waals surface area contributed by atoms with Gasteiger partial charge in [0.05, 0.1) is 18.8 Å². The summed E-state index contributed by atoms with van der Waals surface area (Å²) >= 11 is 0. The predicted octanol–water partition coefficient (Wildman–Crippen LogP) is 7.27. The molecule has 2 heterocycles. The standard InChI is InChI=1S/C26H22O2.C10H8N2O2/c1-16-7-8-19-18(13-16)15-25(28)26-21(19)10-9-20-22(26)11-12-24(27)23(20)14-17-5-3-2-4-6-17;1-14-10(13)8-5-7-3-2-4-11-9(7)6-12-8/h2-10,13,15,23,28H,11-12,14H2,1H3;2-6H,1H3. The molecule has 6 nitrogen and oxygen atoms in total. The van der Waals surface area contributed by atoms with Crippen LogP contribution in [0.1, 0.15) is 45.1 Å². The summed E-state index contributed by atoms with van der Waals surface area (Å²) in [5, 5.41) is 15.9. The van der Waals surface area contributed by atoms with E-state index < -0.39 is 5.97 Å². The number of hydrogen-bond acceptors (Lipinski definition) is 6. The summed E-state index contributed by atoms with van der Waals surface area (Å²) < 4.78 is 4.56. The lowest BCUT2D eigenvalue weighted by molar-refractivity contribution is -0.120. The van der Waals surface area contributed by atoms with Crippen LogP contribution in [0.25, 0.3) is 32.4 Å². The Hall–Kier alpha value is -5.10. The first-order chi connectivity index (χ1) is 20.4. The number of rotatable bonds is 3. The monoisotopic (exact) mass is 554 g/mol. The predicted molar refractivity (Wildman–Crippen MR) is 165 cm³/mol. The first-order valence-electron chi connectivity index (χ1n) is 14.0. The van der Waals surface area contributed by atoms with Crippen LogP contribution in [-0.2, 0) is 22.4 Å². The van der Waals surface area contributed by atoms with E-state index in [2.05, 4.69) is 64.1 Å². The molecule has 1 aliphatic rings. The van der Waals surface area contributed by atoms with Gasteiger partial charge in [0.25, 0.3) is 0 Å². The van der Waals surface area contributed by atoms with Crippen molar-refractivity contribution in [3.05, 3.63) is 125 Å². The first kappa shape index (κ1) is 27.1. The molecule has 1 atom stereocenters. The molecular formula is C36H30N2O4. The Bertz CT molecular complexity index is 1970. The van der Waals surface area contributed by atoms with Gasteiger partial charge in [-0.2, -0.15) is 0 Å². The van der Waals surface area contributed by atoms with Crippen molar-refractivity contribution >= 4 is 44.2 Å². The lowest BCUT2D eigenvalue weighted by Gasteiger charge is -2.26. The van der Waals surface area contributed by atoms with Gasteiger partial charge in [-0.3, -0.25) is 9.78 Å². The summed E-state index contributed by atoms with van der Waals surface area (Å²) in [6, 6.07) is 28.0. The van der Waals surface area contributed by atoms with E-state index in [1.807, 2.05) is 36.4 Å². The van der Waals surface area contributed by atoms with Crippen LogP contribution in [0, 0.1) is 6.92 Å². The molecular weight excluding hydrogens is 524 g/mol. The van der Waals surface area contributed by atoms with Crippen molar-refractivity contribution in [1.82, 2.24) is 9.97 Å². The molecule has 208 valence electrons. The first-order valence-corrected chi connectivity index (χ1v) is 14.0. The molecule has 6 heteroatoms. The summed E-state index contributed by atoms with van der Waals surface area (Å²) in [7, 11) is 1.33. The summed E-state index contributed by atoms with van der Waals surface area (Å²) in [6.45, 7) is 2.06. The maximum Gasteiger partial charge on any atom is 0.356 e. The number of phenols is 1. The molecule has 0 saturated heterocycles. The highest BCUT2D eigenvalue weighted by Gasteiger charge is 2.30. The third-order valence-corrected chi connectivity index (χ3v) is 7.95. The van der Waals surface area contributed by atoms with Crippen molar-refractivity contribution in [2.24, 2.45) is 0 Å². The molecule has 0 bridgehead atoms. The number of Topliss-reactive ketones (excluding diaryl/α,β-unsaturated/α-hetero) is 1. The van der Waals surface area contributed by atoms with E-state index in [1.165, 1.54) is 18.2 Å². The van der Waals surface area contributed by atoms with Crippen LogP contribution in [0.3, 0.4) is 0 Å². The summed E-state index contributed by atoms with van der Waals surface area (Å²) in [5.74, 6) is 0.0452. The minimum atomic E-state index is -0.434. The second-order valence-corrected chi connectivity index (χ2v) is 10.6. The highest BCUT2D eigenvalue weighted by atomic mass is 16.5. The molecule has 1 N–H and O–H groups in total. The molecule has 0 fully saturated rings. The van der Waals surface area contributed by atoms with Crippen LogP contribution in [0.4, 0.5) is 0 Å². The number of benzene rings is 4. The zero-order valence-corrected chi connectivity index (χ0v) is 23.5. The number of esters is 1. The number of methoxy groups -OCH3 is 1. The van der Waals surface area contributed by atoms with Gasteiger partial charge >= 0.3 is 5.97 Å². The molecule has 0 radical (unpaired) electrons. The van der Waals surface area contributed by atoms with Crippen LogP contribution >= 0.6 is 0 Å². The van der Waals surface area contributed by atoms with Gasteiger partial charge in [0.1, 0.15) is 17.2 Å². The zero-order chi connectivity index (χ0) is 29.2. The maximum absolute atomic E-state index is 12.8. The molecule has 2 aromatic heterocycles. The number of hydrogen-bond donors (Lipinski definition) is 1. The van der Waals surface area contributed by atoms with Crippen LogP contribution in [0.15, 0.2) is 97.3 Å². The van der Waals surface area contributed by atoms with Crippen molar-refractivity contribution in [3.8, 4) is 5.75 Å². The Morgan fingerprint density at radius 3 is 2.52 bits per heavy atom. The molecule has 0 saturated carbocycles. The fourth-order valence-electron chi connectivity index (χ4n) is 5.90. The molecule has 0 spiro atoms. The Morgan fingerprint density at radius 2 is 1.71 bits per heavy atom. The third kappa shape index (κ3) is 5.19. The molecule has 0 aliphatic heterocycles. The maximum atomic E-state index is 12.8. The third-order valence-electron chi connectivity index (χ3n) is 7.95. The second-order valence-electron chi connectivity index (χ2n) is 10.6. The number of nitrogens with zero attached hydrogens (tertiary/aromatic N) is 2. The molecule has 4 aromatic carbocycles. The molecule has 0 amide bonds. The number of carbonyl (C=O) groups excluding carboxylic acids is 2. The Labute approximate surface area is 243 Å². The van der Waals surface area contributed by atoms with Gasteiger partial charge < -0.3 is 9.84 Å². The topological polar surface area (TPSA) is 89.4 Å². The van der Waals surface area contributed by atoms with Gasteiger partial charge in [0.15, 0.2) is 0 Å². The number of phenolic OH excluding ortho intramolecular Hbond substituents is 1. The minimum Gasteiger partial charge on any atom is -0.507 e. The van der Waals surface area contributed by atoms with Gasteiger partial charge in [-0.25, -0.2) is 9.78 Å². The largest absolute Gasteiger partial charge is 0.507 e. The van der Waals surface area contributed by atoms with E-state index in [4.69, 9.17) is 0 Å². The quantitative estimate of drug-likeness (QED) is 0.183. The molecule has 42 heavy (non-hydrogen) atoms. The number of aromatic nitrogens is 2. The normalized spacial score (nSPS) is 14.3. The number of ether oxygens (including phenoxy) is 1. The Balaban J connectivity index is 0.000000189. The van der Waals surface area contributed by atoms with Crippen molar-refractivity contribution in [2.75, 3.05) is 7.11 Å². The van der Waals surface area contributed by atoms with Gasteiger partial charge in [-0.1, -0.05) is 72.3 Å².